The number of hydrogen-bond acceptors (Lipinski definition) is 2. The normalized spacial score (nSPS) is 13.4. The van der Waals surface area contributed by atoms with E-state index in [4.69, 9.17) is 0 Å². The maximum atomic E-state index is 15.1. The Balaban J connectivity index is 1.97. The van der Waals surface area contributed by atoms with Crippen LogP contribution in [0, 0.1) is 18.6 Å². The van der Waals surface area contributed by atoms with Crippen LogP contribution in [-0.2, 0) is 18.4 Å². The first kappa shape index (κ1) is 30.6. The fourth-order valence-corrected chi connectivity index (χ4v) is 4.80. The van der Waals surface area contributed by atoms with Gasteiger partial charge in [-0.25, -0.2) is 8.78 Å². The predicted octanol–water partition coefficient (Wildman–Crippen LogP) is 9.02. The lowest BCUT2D eigenvalue weighted by molar-refractivity contribution is -0.274. The number of hydrogen-bond donors (Lipinski definition) is 1. The molecule has 4 aromatic rings. The van der Waals surface area contributed by atoms with Crippen LogP contribution < -0.4 is 10.1 Å². The molecule has 0 bridgehead atoms. The lowest BCUT2D eigenvalue weighted by Crippen LogP contribution is -2.44. The summed E-state index contributed by atoms with van der Waals surface area (Å²) in [6.45, 7) is 5.26. The summed E-state index contributed by atoms with van der Waals surface area (Å²) in [6, 6.07) is 20.9. The Bertz CT molecular complexity index is 1500. The molecule has 42 heavy (non-hydrogen) atoms. The second kappa shape index (κ2) is 11.9. The van der Waals surface area contributed by atoms with E-state index in [1.165, 1.54) is 43.3 Å². The molecule has 0 saturated carbocycles. The fourth-order valence-electron chi connectivity index (χ4n) is 4.80. The molecule has 0 aromatic heterocycles. The molecule has 0 spiro atoms. The minimum absolute atomic E-state index is 0.0340. The third-order valence-corrected chi connectivity index (χ3v) is 6.63. The van der Waals surface area contributed by atoms with Gasteiger partial charge in [0.15, 0.2) is 0 Å². The van der Waals surface area contributed by atoms with Crippen LogP contribution in [0.4, 0.5) is 35.1 Å². The molecule has 4 rings (SSSR count). The van der Waals surface area contributed by atoms with Crippen molar-refractivity contribution in [2.75, 3.05) is 0 Å². The van der Waals surface area contributed by atoms with Gasteiger partial charge in [-0.1, -0.05) is 73.3 Å². The Hall–Kier alpha value is -4.34. The zero-order valence-corrected chi connectivity index (χ0v) is 22.2. The second-order valence-electron chi connectivity index (χ2n) is 9.82. The molecule has 0 fully saturated rings. The molecule has 0 radical (unpaired) electrons. The second-order valence-corrected chi connectivity index (χ2v) is 9.82. The van der Waals surface area contributed by atoms with Gasteiger partial charge in [0.1, 0.15) is 17.4 Å². The summed E-state index contributed by atoms with van der Waals surface area (Å²) in [5.41, 5.74) is -1.11. The number of nitrogens with one attached hydrogen (secondary N) is 1. The molecule has 10 heteroatoms. The van der Waals surface area contributed by atoms with Crippen molar-refractivity contribution in [3.05, 3.63) is 143 Å². The number of aryl methyl sites for hydroxylation is 1. The van der Waals surface area contributed by atoms with Crippen LogP contribution in [0.5, 0.6) is 5.75 Å². The van der Waals surface area contributed by atoms with Crippen LogP contribution in [0.2, 0.25) is 0 Å². The van der Waals surface area contributed by atoms with Crippen LogP contribution >= 0.6 is 0 Å². The summed E-state index contributed by atoms with van der Waals surface area (Å²) in [5, 5.41) is 3.08. The monoisotopic (exact) mass is 591 g/mol. The van der Waals surface area contributed by atoms with Crippen LogP contribution in [0.3, 0.4) is 0 Å². The Kier molecular flexibility index (Phi) is 8.65. The standard InChI is InChI=1S/C32H25F8NO/c1-20-14-29(34)27(17-28(20)33)21(2)41-30(18-22-8-4-3-5-9-22,24-11-6-10-23(15-24)19-31(35,36)37)25-12-7-13-26(16-25)42-32(38,39)40/h3-17,41H,2,18-19H2,1H3. The van der Waals surface area contributed by atoms with E-state index in [1.54, 1.807) is 30.3 Å². The molecule has 0 aliphatic carbocycles. The van der Waals surface area contributed by atoms with Crippen molar-refractivity contribution in [3.8, 4) is 5.75 Å². The number of benzene rings is 4. The van der Waals surface area contributed by atoms with E-state index in [2.05, 4.69) is 16.6 Å². The highest BCUT2D eigenvalue weighted by molar-refractivity contribution is 5.65. The summed E-state index contributed by atoms with van der Waals surface area (Å²) < 4.78 is 113. The molecule has 1 unspecified atom stereocenters. The molecule has 0 amide bonds. The largest absolute Gasteiger partial charge is 0.573 e. The van der Waals surface area contributed by atoms with Crippen LogP contribution in [0.1, 0.15) is 33.4 Å². The van der Waals surface area contributed by atoms with Gasteiger partial charge in [-0.05, 0) is 59.0 Å². The molecule has 1 N–H and O–H groups in total. The number of halogens is 8. The first-order valence-electron chi connectivity index (χ1n) is 12.6. The minimum atomic E-state index is -5.02. The Morgan fingerprint density at radius 2 is 1.33 bits per heavy atom. The Morgan fingerprint density at radius 3 is 1.98 bits per heavy atom. The molecule has 0 heterocycles. The molecular formula is C32H25F8NO. The zero-order chi connectivity index (χ0) is 30.7. The van der Waals surface area contributed by atoms with Crippen molar-refractivity contribution < 1.29 is 39.9 Å². The highest BCUT2D eigenvalue weighted by Crippen LogP contribution is 2.39. The van der Waals surface area contributed by atoms with Gasteiger partial charge in [-0.3, -0.25) is 0 Å². The fraction of sp³-hybridized carbons (Fsp3) is 0.188. The van der Waals surface area contributed by atoms with Gasteiger partial charge in [0.05, 0.1) is 12.0 Å². The molecule has 220 valence electrons. The van der Waals surface area contributed by atoms with Gasteiger partial charge in [0, 0.05) is 17.7 Å². The van der Waals surface area contributed by atoms with Crippen molar-refractivity contribution in [1.82, 2.24) is 5.32 Å². The van der Waals surface area contributed by atoms with E-state index >= 15 is 4.39 Å². The average molecular weight is 592 g/mol. The van der Waals surface area contributed by atoms with E-state index in [9.17, 15) is 30.7 Å². The van der Waals surface area contributed by atoms with Gasteiger partial charge in [-0.15, -0.1) is 13.2 Å². The summed E-state index contributed by atoms with van der Waals surface area (Å²) >= 11 is 0. The average Bonchev–Trinajstić information content (AvgIpc) is 2.89. The number of alkyl halides is 6. The summed E-state index contributed by atoms with van der Waals surface area (Å²) in [6.07, 6.45) is -10.9. The highest BCUT2D eigenvalue weighted by Gasteiger charge is 2.38. The molecule has 0 saturated heterocycles. The number of rotatable bonds is 9. The van der Waals surface area contributed by atoms with Crippen LogP contribution in [-0.4, -0.2) is 12.5 Å². The Labute approximate surface area is 237 Å². The molecule has 0 aliphatic heterocycles. The number of ether oxygens (including phenoxy) is 1. The van der Waals surface area contributed by atoms with Gasteiger partial charge >= 0.3 is 12.5 Å². The maximum absolute atomic E-state index is 15.1. The zero-order valence-electron chi connectivity index (χ0n) is 22.2. The van der Waals surface area contributed by atoms with Crippen molar-refractivity contribution in [2.24, 2.45) is 0 Å². The van der Waals surface area contributed by atoms with E-state index in [1.807, 2.05) is 0 Å². The molecule has 1 atom stereocenters. The SMILES string of the molecule is C=C(NC(Cc1ccccc1)(c1cccc(CC(F)(F)F)c1)c1cccc(OC(F)(F)F)c1)c1cc(F)c(C)cc1F. The van der Waals surface area contributed by atoms with Gasteiger partial charge < -0.3 is 10.1 Å². The van der Waals surface area contributed by atoms with E-state index < -0.39 is 41.9 Å². The summed E-state index contributed by atoms with van der Waals surface area (Å²) in [4.78, 5) is 0. The van der Waals surface area contributed by atoms with Crippen molar-refractivity contribution in [2.45, 2.75) is 37.8 Å². The topological polar surface area (TPSA) is 21.3 Å². The molecular weight excluding hydrogens is 566 g/mol. The lowest BCUT2D eigenvalue weighted by atomic mass is 9.76. The Morgan fingerprint density at radius 1 is 0.714 bits per heavy atom. The maximum Gasteiger partial charge on any atom is 0.573 e. The van der Waals surface area contributed by atoms with Crippen molar-refractivity contribution >= 4 is 5.70 Å². The van der Waals surface area contributed by atoms with E-state index in [0.717, 1.165) is 24.3 Å². The van der Waals surface area contributed by atoms with E-state index in [-0.39, 0.29) is 39.9 Å². The van der Waals surface area contributed by atoms with Gasteiger partial charge in [-0.2, -0.15) is 13.2 Å². The molecule has 4 aromatic carbocycles. The van der Waals surface area contributed by atoms with Gasteiger partial charge in [0.25, 0.3) is 0 Å². The third-order valence-electron chi connectivity index (χ3n) is 6.63. The van der Waals surface area contributed by atoms with Crippen LogP contribution in [0.15, 0.2) is 97.6 Å². The quantitative estimate of drug-likeness (QED) is 0.196. The predicted molar refractivity (Wildman–Crippen MR) is 144 cm³/mol. The van der Waals surface area contributed by atoms with Crippen molar-refractivity contribution in [1.29, 1.82) is 0 Å². The lowest BCUT2D eigenvalue weighted by Gasteiger charge is -2.39. The first-order chi connectivity index (χ1) is 19.6. The smallest absolute Gasteiger partial charge is 0.406 e. The minimum Gasteiger partial charge on any atom is -0.406 e. The molecule has 2 nitrogen and oxygen atoms in total. The first-order valence-corrected chi connectivity index (χ1v) is 12.6. The summed E-state index contributed by atoms with van der Waals surface area (Å²) in [5.74, 6) is -2.13. The highest BCUT2D eigenvalue weighted by atomic mass is 19.4. The third kappa shape index (κ3) is 7.48. The van der Waals surface area contributed by atoms with E-state index in [0.29, 0.717) is 5.56 Å². The van der Waals surface area contributed by atoms with Crippen molar-refractivity contribution in [3.63, 3.8) is 0 Å². The van der Waals surface area contributed by atoms with Gasteiger partial charge in [0.2, 0.25) is 0 Å². The van der Waals surface area contributed by atoms with Crippen LogP contribution in [0.25, 0.3) is 5.70 Å². The summed E-state index contributed by atoms with van der Waals surface area (Å²) in [7, 11) is 0. The molecule has 0 aliphatic rings.